The van der Waals surface area contributed by atoms with E-state index in [4.69, 9.17) is 18.9 Å². The maximum atomic E-state index is 13.9. The highest BCUT2D eigenvalue weighted by atomic mass is 16.5. The Bertz CT molecular complexity index is 1080. The van der Waals surface area contributed by atoms with Gasteiger partial charge in [0.15, 0.2) is 17.3 Å². The minimum absolute atomic E-state index is 0.00895. The predicted octanol–water partition coefficient (Wildman–Crippen LogP) is 11.3. The Morgan fingerprint density at radius 2 is 1.11 bits per heavy atom. The molecule has 0 aliphatic rings. The van der Waals surface area contributed by atoms with Gasteiger partial charge in [-0.15, -0.1) is 0 Å². The zero-order valence-electron chi connectivity index (χ0n) is 29.2. The van der Waals surface area contributed by atoms with Gasteiger partial charge in [0, 0.05) is 6.42 Å². The quantitative estimate of drug-likeness (QED) is 0.111. The van der Waals surface area contributed by atoms with Crippen molar-refractivity contribution in [2.45, 2.75) is 170 Å². The van der Waals surface area contributed by atoms with Crippen LogP contribution in [0.4, 0.5) is 0 Å². The average Bonchev–Trinajstić information content (AvgIpc) is 3.01. The van der Waals surface area contributed by atoms with E-state index in [1.807, 2.05) is 30.3 Å². The first kappa shape index (κ1) is 37.5. The highest BCUT2D eigenvalue weighted by Crippen LogP contribution is 2.36. The normalized spacial score (nSPS) is 14.0. The molecule has 0 fully saturated rings. The van der Waals surface area contributed by atoms with E-state index in [0.717, 1.165) is 94.1 Å². The van der Waals surface area contributed by atoms with Crippen molar-refractivity contribution in [3.05, 3.63) is 47.5 Å². The average molecular weight is 611 g/mol. The summed E-state index contributed by atoms with van der Waals surface area (Å²) in [7, 11) is 0. The molecule has 0 heterocycles. The number of hydrogen-bond acceptors (Lipinski definition) is 5. The third kappa shape index (κ3) is 13.5. The highest BCUT2D eigenvalue weighted by molar-refractivity contribution is 5.99. The molecule has 0 spiro atoms. The van der Waals surface area contributed by atoms with Crippen LogP contribution in [-0.2, 0) is 6.42 Å². The van der Waals surface area contributed by atoms with Gasteiger partial charge in [0.2, 0.25) is 0 Å². The first-order valence-electron chi connectivity index (χ1n) is 17.7. The molecule has 248 valence electrons. The van der Waals surface area contributed by atoms with Crippen molar-refractivity contribution in [1.29, 1.82) is 0 Å². The van der Waals surface area contributed by atoms with E-state index in [0.29, 0.717) is 29.9 Å². The van der Waals surface area contributed by atoms with Gasteiger partial charge in [-0.05, 0) is 95.7 Å². The van der Waals surface area contributed by atoms with Gasteiger partial charge in [0.05, 0.1) is 30.0 Å². The molecule has 2 rings (SSSR count). The monoisotopic (exact) mass is 610 g/mol. The van der Waals surface area contributed by atoms with Crippen molar-refractivity contribution in [3.63, 3.8) is 0 Å². The first-order chi connectivity index (χ1) is 21.2. The number of Topliss-reactive ketones (excluding diaryl/α,β-unsaturated/α-hetero) is 1. The third-order valence-electron chi connectivity index (χ3n) is 8.10. The standard InChI is InChI=1S/C39H62O5/c1-9-13-18-29(5)41-34-25-27-37(42-30(6)19-14-10-2)33(28-34)24-26-36(40)35-22-17-23-38(43-31(7)20-15-11-3)39(35)44-32(8)21-16-12-4/h17,22-23,25,27-32H,9-16,18-21,24,26H2,1-8H3. The topological polar surface area (TPSA) is 54.0 Å². The van der Waals surface area contributed by atoms with E-state index >= 15 is 0 Å². The first-order valence-corrected chi connectivity index (χ1v) is 17.7. The molecule has 0 saturated heterocycles. The molecule has 5 heteroatoms. The summed E-state index contributed by atoms with van der Waals surface area (Å²) >= 11 is 0. The number of unbranched alkanes of at least 4 members (excludes halogenated alkanes) is 4. The number of benzene rings is 2. The lowest BCUT2D eigenvalue weighted by Crippen LogP contribution is -2.18. The van der Waals surface area contributed by atoms with E-state index in [1.165, 1.54) is 0 Å². The van der Waals surface area contributed by atoms with Crippen LogP contribution in [0, 0.1) is 0 Å². The lowest BCUT2D eigenvalue weighted by atomic mass is 10.0. The maximum Gasteiger partial charge on any atom is 0.172 e. The number of aryl methyl sites for hydroxylation is 1. The summed E-state index contributed by atoms with van der Waals surface area (Å²) in [5.74, 6) is 2.95. The number of rotatable bonds is 24. The summed E-state index contributed by atoms with van der Waals surface area (Å²) in [6, 6.07) is 11.8. The lowest BCUT2D eigenvalue weighted by Gasteiger charge is -2.23. The summed E-state index contributed by atoms with van der Waals surface area (Å²) in [6.07, 6.45) is 14.0. The van der Waals surface area contributed by atoms with Crippen LogP contribution in [0.15, 0.2) is 36.4 Å². The zero-order valence-corrected chi connectivity index (χ0v) is 29.2. The third-order valence-corrected chi connectivity index (χ3v) is 8.10. The van der Waals surface area contributed by atoms with Crippen molar-refractivity contribution >= 4 is 5.78 Å². The number of ketones is 1. The highest BCUT2D eigenvalue weighted by Gasteiger charge is 2.22. The molecular formula is C39H62O5. The van der Waals surface area contributed by atoms with Crippen molar-refractivity contribution < 1.29 is 23.7 Å². The van der Waals surface area contributed by atoms with Gasteiger partial charge in [0.1, 0.15) is 11.5 Å². The van der Waals surface area contributed by atoms with E-state index in [1.54, 1.807) is 0 Å². The van der Waals surface area contributed by atoms with Crippen molar-refractivity contribution in [1.82, 2.24) is 0 Å². The molecule has 0 aliphatic heterocycles. The largest absolute Gasteiger partial charge is 0.491 e. The minimum atomic E-state index is -0.00895. The van der Waals surface area contributed by atoms with Crippen molar-refractivity contribution in [3.8, 4) is 23.0 Å². The van der Waals surface area contributed by atoms with Gasteiger partial charge in [-0.1, -0.05) is 85.1 Å². The van der Waals surface area contributed by atoms with Gasteiger partial charge in [-0.25, -0.2) is 0 Å². The number of carbonyl (C=O) groups is 1. The van der Waals surface area contributed by atoms with E-state index < -0.39 is 0 Å². The fourth-order valence-corrected chi connectivity index (χ4v) is 5.34. The number of ether oxygens (including phenoxy) is 4. The molecule has 44 heavy (non-hydrogen) atoms. The summed E-state index contributed by atoms with van der Waals surface area (Å²) < 4.78 is 25.5. The van der Waals surface area contributed by atoms with Crippen LogP contribution in [0.2, 0.25) is 0 Å². The molecule has 2 aromatic rings. The molecule has 0 aliphatic carbocycles. The Labute approximate surface area is 269 Å². The molecule has 0 bridgehead atoms. The van der Waals surface area contributed by atoms with Crippen LogP contribution in [0.3, 0.4) is 0 Å². The summed E-state index contributed by atoms with van der Waals surface area (Å²) in [5.41, 5.74) is 1.59. The van der Waals surface area contributed by atoms with Gasteiger partial charge in [-0.3, -0.25) is 4.79 Å². The summed E-state index contributed by atoms with van der Waals surface area (Å²) in [4.78, 5) is 13.9. The smallest absolute Gasteiger partial charge is 0.172 e. The Morgan fingerprint density at radius 3 is 1.66 bits per heavy atom. The maximum absolute atomic E-state index is 13.9. The zero-order chi connectivity index (χ0) is 32.3. The van der Waals surface area contributed by atoms with Crippen LogP contribution in [0.1, 0.15) is 155 Å². The molecule has 5 nitrogen and oxygen atoms in total. The van der Waals surface area contributed by atoms with Gasteiger partial charge in [0.25, 0.3) is 0 Å². The molecule has 4 atom stereocenters. The Morgan fingerprint density at radius 1 is 0.614 bits per heavy atom. The van der Waals surface area contributed by atoms with Crippen LogP contribution in [0.5, 0.6) is 23.0 Å². The molecule has 2 aromatic carbocycles. The van der Waals surface area contributed by atoms with E-state index in [-0.39, 0.29) is 30.2 Å². The second-order valence-electron chi connectivity index (χ2n) is 12.6. The number of carbonyl (C=O) groups excluding carboxylic acids is 1. The number of para-hydroxylation sites is 1. The number of hydrogen-bond donors (Lipinski definition) is 0. The van der Waals surface area contributed by atoms with Gasteiger partial charge < -0.3 is 18.9 Å². The second kappa shape index (κ2) is 21.1. The molecule has 0 N–H and O–H groups in total. The van der Waals surface area contributed by atoms with Crippen LogP contribution in [-0.4, -0.2) is 30.2 Å². The van der Waals surface area contributed by atoms with Crippen LogP contribution < -0.4 is 18.9 Å². The molecule has 0 radical (unpaired) electrons. The Kier molecular flexibility index (Phi) is 18.0. The van der Waals surface area contributed by atoms with E-state index in [2.05, 4.69) is 61.5 Å². The van der Waals surface area contributed by atoms with Crippen molar-refractivity contribution in [2.24, 2.45) is 0 Å². The molecule has 4 unspecified atom stereocenters. The van der Waals surface area contributed by atoms with Crippen LogP contribution in [0.25, 0.3) is 0 Å². The molecule has 0 amide bonds. The fourth-order valence-electron chi connectivity index (χ4n) is 5.34. The predicted molar refractivity (Wildman–Crippen MR) is 184 cm³/mol. The Hall–Kier alpha value is -2.69. The summed E-state index contributed by atoms with van der Waals surface area (Å²) in [5, 5.41) is 0. The van der Waals surface area contributed by atoms with E-state index in [9.17, 15) is 4.79 Å². The summed E-state index contributed by atoms with van der Waals surface area (Å²) in [6.45, 7) is 17.2. The Balaban J connectivity index is 2.33. The lowest BCUT2D eigenvalue weighted by molar-refractivity contribution is 0.0971. The molecule has 0 saturated carbocycles. The molecule has 0 aromatic heterocycles. The SMILES string of the molecule is CCCCC(C)Oc1ccc(OC(C)CCCC)c(CCC(=O)c2cccc(OC(C)CCCC)c2OC(C)CCCC)c1. The minimum Gasteiger partial charge on any atom is -0.491 e. The van der Waals surface area contributed by atoms with Crippen molar-refractivity contribution in [2.75, 3.05) is 0 Å². The van der Waals surface area contributed by atoms with Gasteiger partial charge >= 0.3 is 0 Å². The van der Waals surface area contributed by atoms with Crippen LogP contribution >= 0.6 is 0 Å². The fraction of sp³-hybridized carbons (Fsp3) is 0.667. The second-order valence-corrected chi connectivity index (χ2v) is 12.6. The van der Waals surface area contributed by atoms with Gasteiger partial charge in [-0.2, -0.15) is 0 Å². The molecular weight excluding hydrogens is 548 g/mol.